The maximum absolute atomic E-state index is 12.2. The van der Waals surface area contributed by atoms with Gasteiger partial charge in [0.05, 0.1) is 17.9 Å². The molecule has 0 radical (unpaired) electrons. The number of ether oxygens (including phenoxy) is 1. The molecule has 132 valence electrons. The maximum Gasteiger partial charge on any atom is 0.338 e. The quantitative estimate of drug-likeness (QED) is 0.439. The average molecular weight is 353 g/mol. The lowest BCUT2D eigenvalue weighted by Gasteiger charge is -2.14. The molecule has 0 saturated heterocycles. The van der Waals surface area contributed by atoms with Crippen molar-refractivity contribution in [2.24, 2.45) is 0 Å². The van der Waals surface area contributed by atoms with Crippen LogP contribution in [0.5, 0.6) is 0 Å². The van der Waals surface area contributed by atoms with E-state index in [1.807, 2.05) is 61.7 Å². The summed E-state index contributed by atoms with van der Waals surface area (Å²) in [4.78, 5) is 17.0. The fourth-order valence-corrected chi connectivity index (χ4v) is 3.29. The van der Waals surface area contributed by atoms with Crippen molar-refractivity contribution < 1.29 is 9.53 Å². The molecular weight excluding hydrogens is 334 g/mol. The fraction of sp³-hybridized carbons (Fsp3) is 0.0833. The van der Waals surface area contributed by atoms with Gasteiger partial charge in [-0.25, -0.2) is 4.79 Å². The number of hydrogen-bond donors (Lipinski definition) is 0. The first-order valence-corrected chi connectivity index (χ1v) is 8.98. The number of aromatic nitrogens is 1. The molecular formula is C24H19NO2. The number of fused-ring (bicyclic) bond motifs is 1. The Balaban J connectivity index is 1.97. The van der Waals surface area contributed by atoms with E-state index in [9.17, 15) is 4.79 Å². The van der Waals surface area contributed by atoms with Gasteiger partial charge in [0.15, 0.2) is 0 Å². The van der Waals surface area contributed by atoms with Crippen LogP contribution in [-0.4, -0.2) is 17.6 Å². The van der Waals surface area contributed by atoms with Gasteiger partial charge in [-0.3, -0.25) is 4.98 Å². The van der Waals surface area contributed by atoms with Gasteiger partial charge in [0.25, 0.3) is 0 Å². The second-order valence-corrected chi connectivity index (χ2v) is 6.24. The highest BCUT2D eigenvalue weighted by Gasteiger charge is 2.15. The largest absolute Gasteiger partial charge is 0.462 e. The van der Waals surface area contributed by atoms with Crippen LogP contribution in [0, 0.1) is 0 Å². The van der Waals surface area contributed by atoms with Gasteiger partial charge in [-0.1, -0.05) is 66.7 Å². The van der Waals surface area contributed by atoms with Crippen LogP contribution in [0.25, 0.3) is 33.2 Å². The smallest absolute Gasteiger partial charge is 0.338 e. The zero-order chi connectivity index (χ0) is 18.6. The van der Waals surface area contributed by atoms with E-state index >= 15 is 0 Å². The van der Waals surface area contributed by atoms with E-state index in [-0.39, 0.29) is 5.97 Å². The zero-order valence-electron chi connectivity index (χ0n) is 15.1. The summed E-state index contributed by atoms with van der Waals surface area (Å²) in [6, 6.07) is 25.8. The Kier molecular flexibility index (Phi) is 4.67. The van der Waals surface area contributed by atoms with E-state index < -0.39 is 0 Å². The number of pyridine rings is 1. The standard InChI is InChI=1S/C24H19NO2/c1-2-27-24(26)19-13-8-12-18(15-19)22-21-14-7-6-11-20(21)16-25-23(22)17-9-4-3-5-10-17/h3-16H,2H2,1H3. The minimum absolute atomic E-state index is 0.311. The molecule has 0 N–H and O–H groups in total. The number of benzene rings is 3. The number of esters is 1. The zero-order valence-corrected chi connectivity index (χ0v) is 15.1. The van der Waals surface area contributed by atoms with E-state index in [0.717, 1.165) is 33.2 Å². The Morgan fingerprint density at radius 2 is 1.63 bits per heavy atom. The van der Waals surface area contributed by atoms with Gasteiger partial charge in [-0.05, 0) is 30.0 Å². The lowest BCUT2D eigenvalue weighted by molar-refractivity contribution is 0.0526. The molecule has 4 aromatic rings. The summed E-state index contributed by atoms with van der Waals surface area (Å²) in [6.45, 7) is 2.16. The van der Waals surface area contributed by atoms with Crippen molar-refractivity contribution in [3.05, 3.63) is 90.6 Å². The Morgan fingerprint density at radius 3 is 2.44 bits per heavy atom. The molecule has 0 unspecified atom stereocenters. The fourth-order valence-electron chi connectivity index (χ4n) is 3.29. The molecule has 0 bridgehead atoms. The van der Waals surface area contributed by atoms with Crippen LogP contribution in [-0.2, 0) is 4.74 Å². The van der Waals surface area contributed by atoms with Crippen molar-refractivity contribution in [1.82, 2.24) is 4.98 Å². The lowest BCUT2D eigenvalue weighted by Crippen LogP contribution is -2.04. The van der Waals surface area contributed by atoms with Gasteiger partial charge in [-0.15, -0.1) is 0 Å². The normalized spacial score (nSPS) is 10.7. The molecule has 27 heavy (non-hydrogen) atoms. The predicted molar refractivity (Wildman–Crippen MR) is 109 cm³/mol. The van der Waals surface area contributed by atoms with Crippen molar-refractivity contribution in [1.29, 1.82) is 0 Å². The molecule has 0 fully saturated rings. The van der Waals surface area contributed by atoms with E-state index in [0.29, 0.717) is 12.2 Å². The second kappa shape index (κ2) is 7.42. The number of carbonyl (C=O) groups is 1. The van der Waals surface area contributed by atoms with Gasteiger partial charge in [0.1, 0.15) is 0 Å². The summed E-state index contributed by atoms with van der Waals surface area (Å²) in [5, 5.41) is 2.17. The maximum atomic E-state index is 12.2. The monoisotopic (exact) mass is 353 g/mol. The lowest BCUT2D eigenvalue weighted by atomic mass is 9.93. The van der Waals surface area contributed by atoms with Gasteiger partial charge in [0.2, 0.25) is 0 Å². The molecule has 0 aliphatic carbocycles. The molecule has 3 nitrogen and oxygen atoms in total. The topological polar surface area (TPSA) is 39.2 Å². The highest BCUT2D eigenvalue weighted by molar-refractivity contribution is 6.03. The Morgan fingerprint density at radius 1 is 0.889 bits per heavy atom. The summed E-state index contributed by atoms with van der Waals surface area (Å²) < 4.78 is 5.17. The second-order valence-electron chi connectivity index (χ2n) is 6.24. The molecule has 0 aliphatic rings. The third-order valence-corrected chi connectivity index (χ3v) is 4.51. The van der Waals surface area contributed by atoms with Gasteiger partial charge in [0, 0.05) is 22.7 Å². The van der Waals surface area contributed by atoms with Crippen LogP contribution in [0.1, 0.15) is 17.3 Å². The first kappa shape index (κ1) is 17.0. The Labute approximate surface area is 158 Å². The summed E-state index contributed by atoms with van der Waals surface area (Å²) >= 11 is 0. The van der Waals surface area contributed by atoms with E-state index in [2.05, 4.69) is 24.3 Å². The molecule has 0 saturated carbocycles. The molecule has 1 aromatic heterocycles. The van der Waals surface area contributed by atoms with Gasteiger partial charge in [-0.2, -0.15) is 0 Å². The highest BCUT2D eigenvalue weighted by atomic mass is 16.5. The molecule has 1 heterocycles. The first-order chi connectivity index (χ1) is 13.3. The number of nitrogens with zero attached hydrogens (tertiary/aromatic N) is 1. The molecule has 3 heteroatoms. The predicted octanol–water partition coefficient (Wildman–Crippen LogP) is 5.75. The number of rotatable bonds is 4. The molecule has 0 spiro atoms. The Hall–Kier alpha value is -3.46. The summed E-state index contributed by atoms with van der Waals surface area (Å²) in [5.41, 5.74) is 4.45. The first-order valence-electron chi connectivity index (χ1n) is 8.98. The molecule has 0 atom stereocenters. The van der Waals surface area contributed by atoms with Crippen LogP contribution >= 0.6 is 0 Å². The van der Waals surface area contributed by atoms with Gasteiger partial charge >= 0.3 is 5.97 Å². The summed E-state index contributed by atoms with van der Waals surface area (Å²) in [7, 11) is 0. The van der Waals surface area contributed by atoms with Crippen LogP contribution in [0.2, 0.25) is 0 Å². The van der Waals surface area contributed by atoms with E-state index in [1.54, 1.807) is 6.07 Å². The average Bonchev–Trinajstić information content (AvgIpc) is 2.74. The van der Waals surface area contributed by atoms with Crippen LogP contribution in [0.3, 0.4) is 0 Å². The molecule has 0 aliphatic heterocycles. The van der Waals surface area contributed by atoms with E-state index in [4.69, 9.17) is 9.72 Å². The number of hydrogen-bond acceptors (Lipinski definition) is 3. The third kappa shape index (κ3) is 3.32. The van der Waals surface area contributed by atoms with Crippen molar-refractivity contribution >= 4 is 16.7 Å². The van der Waals surface area contributed by atoms with Crippen LogP contribution in [0.15, 0.2) is 85.1 Å². The number of carbonyl (C=O) groups excluding carboxylic acids is 1. The van der Waals surface area contributed by atoms with Crippen LogP contribution < -0.4 is 0 Å². The highest BCUT2D eigenvalue weighted by Crippen LogP contribution is 2.36. The summed E-state index contributed by atoms with van der Waals surface area (Å²) in [6.07, 6.45) is 1.90. The molecule has 4 rings (SSSR count). The summed E-state index contributed by atoms with van der Waals surface area (Å²) in [5.74, 6) is -0.311. The van der Waals surface area contributed by atoms with Crippen molar-refractivity contribution in [2.45, 2.75) is 6.92 Å². The van der Waals surface area contributed by atoms with Crippen molar-refractivity contribution in [2.75, 3.05) is 6.61 Å². The minimum atomic E-state index is -0.311. The SMILES string of the molecule is CCOC(=O)c1cccc(-c2c(-c3ccccc3)ncc3ccccc23)c1. The molecule has 3 aromatic carbocycles. The van der Waals surface area contributed by atoms with Crippen LogP contribution in [0.4, 0.5) is 0 Å². The van der Waals surface area contributed by atoms with E-state index in [1.165, 1.54) is 0 Å². The van der Waals surface area contributed by atoms with Gasteiger partial charge < -0.3 is 4.74 Å². The Bertz CT molecular complexity index is 1100. The molecule has 0 amide bonds. The third-order valence-electron chi connectivity index (χ3n) is 4.51. The van der Waals surface area contributed by atoms with Crippen molar-refractivity contribution in [3.8, 4) is 22.4 Å². The minimum Gasteiger partial charge on any atom is -0.462 e. The van der Waals surface area contributed by atoms with Crippen molar-refractivity contribution in [3.63, 3.8) is 0 Å².